The molecule has 2 aliphatic rings. The van der Waals surface area contributed by atoms with E-state index in [1.807, 2.05) is 12.1 Å². The summed E-state index contributed by atoms with van der Waals surface area (Å²) in [6.07, 6.45) is 0.936. The molecule has 3 rings (SSSR count). The van der Waals surface area contributed by atoms with Crippen LogP contribution in [-0.2, 0) is 0 Å². The number of alkyl halides is 1. The number of hydrogen-bond donors (Lipinski definition) is 1. The molecule has 0 aliphatic carbocycles. The molecule has 1 atom stereocenters. The van der Waals surface area contributed by atoms with Crippen LogP contribution in [0.5, 0.6) is 5.75 Å². The molecule has 0 radical (unpaired) electrons. The van der Waals surface area contributed by atoms with Crippen LogP contribution in [0.4, 0.5) is 15.8 Å². The zero-order chi connectivity index (χ0) is 17.1. The monoisotopic (exact) mass is 336 g/mol. The summed E-state index contributed by atoms with van der Waals surface area (Å²) in [5, 5.41) is 0. The van der Waals surface area contributed by atoms with Crippen LogP contribution in [0.25, 0.3) is 0 Å². The lowest BCUT2D eigenvalue weighted by Crippen LogP contribution is -2.52. The van der Waals surface area contributed by atoms with Crippen LogP contribution < -0.4 is 15.4 Å². The molecule has 1 aromatic carbocycles. The Kier molecular flexibility index (Phi) is 5.46. The fourth-order valence-electron chi connectivity index (χ4n) is 3.72. The van der Waals surface area contributed by atoms with Gasteiger partial charge in [0.25, 0.3) is 0 Å². The van der Waals surface area contributed by atoms with Gasteiger partial charge in [-0.05, 0) is 32.0 Å². The number of likely N-dealkylation sites (N-methyl/N-ethyl adjacent to an activating group) is 1. The summed E-state index contributed by atoms with van der Waals surface area (Å²) < 4.78 is 18.6. The van der Waals surface area contributed by atoms with Gasteiger partial charge >= 0.3 is 0 Å². The van der Waals surface area contributed by atoms with E-state index in [0.717, 1.165) is 57.8 Å². The summed E-state index contributed by atoms with van der Waals surface area (Å²) in [5.74, 6) is 0.544. The van der Waals surface area contributed by atoms with E-state index >= 15 is 0 Å². The summed E-state index contributed by atoms with van der Waals surface area (Å²) in [7, 11) is 2.19. The number of ether oxygens (including phenoxy) is 1. The lowest BCUT2D eigenvalue weighted by Gasteiger charge is -2.42. The number of piperidine rings is 1. The van der Waals surface area contributed by atoms with Crippen molar-refractivity contribution >= 4 is 11.4 Å². The van der Waals surface area contributed by atoms with Crippen LogP contribution in [-0.4, -0.2) is 68.5 Å². The highest BCUT2D eigenvalue weighted by atomic mass is 19.1. The molecule has 2 saturated heterocycles. The van der Waals surface area contributed by atoms with Gasteiger partial charge in [-0.3, -0.25) is 4.90 Å². The van der Waals surface area contributed by atoms with Crippen LogP contribution in [0, 0.1) is 0 Å². The molecule has 0 spiro atoms. The molecule has 6 heteroatoms. The van der Waals surface area contributed by atoms with Crippen molar-refractivity contribution in [1.29, 1.82) is 0 Å². The van der Waals surface area contributed by atoms with Gasteiger partial charge in [0.1, 0.15) is 5.75 Å². The lowest BCUT2D eigenvalue weighted by molar-refractivity contribution is 0.0855. The van der Waals surface area contributed by atoms with Gasteiger partial charge in [-0.2, -0.15) is 0 Å². The Morgan fingerprint density at radius 3 is 2.42 bits per heavy atom. The Morgan fingerprint density at radius 1 is 1.12 bits per heavy atom. The van der Waals surface area contributed by atoms with Gasteiger partial charge in [0, 0.05) is 64.0 Å². The van der Waals surface area contributed by atoms with Crippen molar-refractivity contribution in [2.75, 3.05) is 56.9 Å². The van der Waals surface area contributed by atoms with Crippen molar-refractivity contribution in [1.82, 2.24) is 9.80 Å². The minimum absolute atomic E-state index is 0.544. The number of halogens is 1. The number of benzene rings is 1. The minimum Gasteiger partial charge on any atom is -0.458 e. The molecule has 0 aromatic heterocycles. The molecule has 2 heterocycles. The third-order valence-electron chi connectivity index (χ3n) is 5.13. The second kappa shape index (κ2) is 7.57. The maximum absolute atomic E-state index is 13.3. The maximum atomic E-state index is 13.3. The standard InChI is InChI=1S/C18H29FN4O/c1-14(19)24-18-13-15(20)3-4-17(18)23-7-5-16(6-8-23)22-11-9-21(2)10-12-22/h3-4,13-14,16H,5-12,20H2,1-2H3. The molecule has 0 amide bonds. The van der Waals surface area contributed by atoms with Gasteiger partial charge in [0.2, 0.25) is 6.36 Å². The molecule has 24 heavy (non-hydrogen) atoms. The van der Waals surface area contributed by atoms with Crippen LogP contribution >= 0.6 is 0 Å². The van der Waals surface area contributed by atoms with Crippen molar-refractivity contribution in [2.45, 2.75) is 32.2 Å². The van der Waals surface area contributed by atoms with Gasteiger partial charge in [-0.1, -0.05) is 0 Å². The van der Waals surface area contributed by atoms with E-state index < -0.39 is 6.36 Å². The highest BCUT2D eigenvalue weighted by molar-refractivity contribution is 5.64. The zero-order valence-electron chi connectivity index (χ0n) is 14.7. The summed E-state index contributed by atoms with van der Waals surface area (Å²) in [6.45, 7) is 7.98. The first kappa shape index (κ1) is 17.3. The molecule has 0 bridgehead atoms. The summed E-state index contributed by atoms with van der Waals surface area (Å²) in [4.78, 5) is 7.31. The first-order valence-corrected chi connectivity index (χ1v) is 8.90. The Hall–Kier alpha value is -1.53. The zero-order valence-corrected chi connectivity index (χ0v) is 14.7. The Balaban J connectivity index is 1.62. The van der Waals surface area contributed by atoms with E-state index in [2.05, 4.69) is 21.7 Å². The number of rotatable bonds is 4. The van der Waals surface area contributed by atoms with Crippen LogP contribution in [0.1, 0.15) is 19.8 Å². The van der Waals surface area contributed by atoms with Crippen molar-refractivity contribution in [3.05, 3.63) is 18.2 Å². The van der Waals surface area contributed by atoms with Crippen molar-refractivity contribution in [2.24, 2.45) is 0 Å². The third-order valence-corrected chi connectivity index (χ3v) is 5.13. The van der Waals surface area contributed by atoms with Crippen molar-refractivity contribution in [3.63, 3.8) is 0 Å². The van der Waals surface area contributed by atoms with E-state index in [-0.39, 0.29) is 0 Å². The molecule has 2 N–H and O–H groups in total. The SMILES string of the molecule is CC(F)Oc1cc(N)ccc1N1CCC(N2CCN(C)CC2)CC1. The predicted octanol–water partition coefficient (Wildman–Crippen LogP) is 2.18. The molecule has 2 aliphatic heterocycles. The second-order valence-electron chi connectivity index (χ2n) is 6.95. The third kappa shape index (κ3) is 4.11. The number of anilines is 2. The molecule has 134 valence electrons. The smallest absolute Gasteiger partial charge is 0.235 e. The number of piperazine rings is 1. The Labute approximate surface area is 144 Å². The highest BCUT2D eigenvalue weighted by Gasteiger charge is 2.27. The van der Waals surface area contributed by atoms with Crippen LogP contribution in [0.3, 0.4) is 0 Å². The van der Waals surface area contributed by atoms with E-state index in [0.29, 0.717) is 17.5 Å². The molecule has 1 unspecified atom stereocenters. The van der Waals surface area contributed by atoms with Gasteiger partial charge in [-0.15, -0.1) is 0 Å². The summed E-state index contributed by atoms with van der Waals surface area (Å²) >= 11 is 0. The quantitative estimate of drug-likeness (QED) is 0.854. The Morgan fingerprint density at radius 2 is 1.79 bits per heavy atom. The first-order chi connectivity index (χ1) is 11.5. The first-order valence-electron chi connectivity index (χ1n) is 8.90. The van der Waals surface area contributed by atoms with Gasteiger partial charge in [0.05, 0.1) is 5.69 Å². The highest BCUT2D eigenvalue weighted by Crippen LogP contribution is 2.34. The van der Waals surface area contributed by atoms with Gasteiger partial charge in [0.15, 0.2) is 0 Å². The predicted molar refractivity (Wildman–Crippen MR) is 96.4 cm³/mol. The van der Waals surface area contributed by atoms with E-state index in [9.17, 15) is 4.39 Å². The molecule has 2 fully saturated rings. The fraction of sp³-hybridized carbons (Fsp3) is 0.667. The van der Waals surface area contributed by atoms with Gasteiger partial charge < -0.3 is 20.3 Å². The maximum Gasteiger partial charge on any atom is 0.235 e. The second-order valence-corrected chi connectivity index (χ2v) is 6.95. The molecule has 0 saturated carbocycles. The number of nitrogen functional groups attached to an aromatic ring is 1. The summed E-state index contributed by atoms with van der Waals surface area (Å²) in [6, 6.07) is 6.19. The number of nitrogens with zero attached hydrogens (tertiary/aromatic N) is 3. The molecular weight excluding hydrogens is 307 g/mol. The normalized spacial score (nSPS) is 22.5. The van der Waals surface area contributed by atoms with Crippen molar-refractivity contribution < 1.29 is 9.13 Å². The van der Waals surface area contributed by atoms with Crippen molar-refractivity contribution in [3.8, 4) is 5.75 Å². The van der Waals surface area contributed by atoms with Crippen LogP contribution in [0.2, 0.25) is 0 Å². The largest absolute Gasteiger partial charge is 0.458 e. The minimum atomic E-state index is -1.34. The average molecular weight is 336 g/mol. The topological polar surface area (TPSA) is 45.0 Å². The molecule has 5 nitrogen and oxygen atoms in total. The van der Waals surface area contributed by atoms with E-state index in [1.165, 1.54) is 6.92 Å². The Bertz CT molecular complexity index is 538. The van der Waals surface area contributed by atoms with Gasteiger partial charge in [-0.25, -0.2) is 4.39 Å². The number of hydrogen-bond acceptors (Lipinski definition) is 5. The van der Waals surface area contributed by atoms with E-state index in [4.69, 9.17) is 10.5 Å². The average Bonchev–Trinajstić information content (AvgIpc) is 2.55. The molecule has 1 aromatic rings. The number of nitrogens with two attached hydrogens (primary N) is 1. The molecular formula is C18H29FN4O. The van der Waals surface area contributed by atoms with E-state index in [1.54, 1.807) is 6.07 Å². The fourth-order valence-corrected chi connectivity index (χ4v) is 3.72. The summed E-state index contributed by atoms with van der Waals surface area (Å²) in [5.41, 5.74) is 7.38. The van der Waals surface area contributed by atoms with Crippen LogP contribution in [0.15, 0.2) is 18.2 Å². The lowest BCUT2D eigenvalue weighted by atomic mass is 10.0.